The summed E-state index contributed by atoms with van der Waals surface area (Å²) in [6.45, 7) is 2.22. The number of nitrogens with zero attached hydrogens (tertiary/aromatic N) is 1. The molecular formula is C29H31ClN6O8S. The van der Waals surface area contributed by atoms with E-state index in [4.69, 9.17) is 15.9 Å². The third-order valence-corrected chi connectivity index (χ3v) is 8.35. The molecule has 0 saturated carbocycles. The summed E-state index contributed by atoms with van der Waals surface area (Å²) in [6, 6.07) is 14.6. The van der Waals surface area contributed by atoms with E-state index in [0.717, 1.165) is 17.4 Å². The van der Waals surface area contributed by atoms with Gasteiger partial charge in [-0.2, -0.15) is 0 Å². The molecule has 45 heavy (non-hydrogen) atoms. The number of carboxylic acids is 1. The number of nitrogen functional groups attached to an aromatic ring is 1. The van der Waals surface area contributed by atoms with Crippen LogP contribution >= 0.6 is 12.4 Å². The molecule has 16 heteroatoms. The van der Waals surface area contributed by atoms with Crippen molar-refractivity contribution in [1.82, 2.24) is 10.0 Å². The quantitative estimate of drug-likeness (QED) is 0.106. The van der Waals surface area contributed by atoms with Gasteiger partial charge in [0.15, 0.2) is 0 Å². The number of rotatable bonds is 10. The van der Waals surface area contributed by atoms with E-state index in [-0.39, 0.29) is 45.8 Å². The van der Waals surface area contributed by atoms with Crippen LogP contribution in [0.15, 0.2) is 71.6 Å². The Bertz CT molecular complexity index is 1770. The molecule has 0 radical (unpaired) electrons. The smallest absolute Gasteiger partial charge is 0.327 e. The number of amidine groups is 1. The molecule has 1 aliphatic rings. The monoisotopic (exact) mass is 658 g/mol. The van der Waals surface area contributed by atoms with Crippen molar-refractivity contribution in [3.8, 4) is 5.75 Å². The van der Waals surface area contributed by atoms with Gasteiger partial charge < -0.3 is 31.1 Å². The molecule has 7 N–H and O–H groups in total. The minimum atomic E-state index is -4.10. The number of likely N-dealkylation sites (N-methyl/N-ethyl adjacent to an activating group) is 1. The van der Waals surface area contributed by atoms with E-state index in [9.17, 15) is 32.7 Å². The van der Waals surface area contributed by atoms with Gasteiger partial charge in [-0.1, -0.05) is 29.8 Å². The number of nitrogens with two attached hydrogens (primary N) is 1. The van der Waals surface area contributed by atoms with Gasteiger partial charge in [-0.05, 0) is 50.2 Å². The van der Waals surface area contributed by atoms with Crippen molar-refractivity contribution >= 4 is 63.3 Å². The zero-order valence-corrected chi connectivity index (χ0v) is 25.9. The van der Waals surface area contributed by atoms with Gasteiger partial charge in [0.25, 0.3) is 23.3 Å². The molecule has 1 unspecified atom stereocenters. The number of anilines is 2. The van der Waals surface area contributed by atoms with Gasteiger partial charge in [-0.25, -0.2) is 17.9 Å². The molecule has 1 heterocycles. The van der Waals surface area contributed by atoms with Gasteiger partial charge >= 0.3 is 5.97 Å². The van der Waals surface area contributed by atoms with Crippen LogP contribution in [0.1, 0.15) is 28.4 Å². The molecule has 2 atom stereocenters. The van der Waals surface area contributed by atoms with Crippen molar-refractivity contribution in [3.05, 3.63) is 83.4 Å². The van der Waals surface area contributed by atoms with Crippen LogP contribution in [0.25, 0.3) is 0 Å². The summed E-state index contributed by atoms with van der Waals surface area (Å²) in [6.07, 6.45) is 0. The van der Waals surface area contributed by atoms with Crippen LogP contribution < -0.4 is 30.7 Å². The molecule has 0 fully saturated rings. The van der Waals surface area contributed by atoms with Crippen LogP contribution in [-0.2, 0) is 24.4 Å². The highest BCUT2D eigenvalue weighted by atomic mass is 35.5. The number of aryl methyl sites for hydroxylation is 1. The van der Waals surface area contributed by atoms with E-state index in [1.54, 1.807) is 19.1 Å². The number of sulfonamides is 1. The zero-order valence-electron chi connectivity index (χ0n) is 24.3. The molecule has 0 aliphatic carbocycles. The number of benzene rings is 3. The summed E-state index contributed by atoms with van der Waals surface area (Å²) in [7, 11) is -2.71. The Labute approximate surface area is 264 Å². The minimum absolute atomic E-state index is 0. The Hall–Kier alpha value is -4.99. The van der Waals surface area contributed by atoms with Crippen molar-refractivity contribution in [2.45, 2.75) is 30.4 Å². The molecule has 0 saturated heterocycles. The second-order valence-corrected chi connectivity index (χ2v) is 11.9. The van der Waals surface area contributed by atoms with Crippen LogP contribution in [0.4, 0.5) is 11.4 Å². The van der Waals surface area contributed by atoms with Gasteiger partial charge in [-0.15, -0.1) is 12.4 Å². The van der Waals surface area contributed by atoms with Crippen molar-refractivity contribution in [3.63, 3.8) is 0 Å². The number of carbonyl (C=O) groups is 4. The van der Waals surface area contributed by atoms with Crippen LogP contribution in [0.2, 0.25) is 0 Å². The molecule has 4 rings (SSSR count). The predicted octanol–water partition coefficient (Wildman–Crippen LogP) is 1.61. The van der Waals surface area contributed by atoms with Crippen molar-refractivity contribution in [1.29, 1.82) is 5.41 Å². The largest absolute Gasteiger partial charge is 0.480 e. The number of aliphatic carboxylic acids is 1. The molecule has 0 aromatic heterocycles. The third kappa shape index (κ3) is 7.39. The number of nitrogens with one attached hydrogen (secondary N) is 4. The Morgan fingerprint density at radius 2 is 1.64 bits per heavy atom. The van der Waals surface area contributed by atoms with Gasteiger partial charge in [0.2, 0.25) is 10.0 Å². The average molecular weight is 659 g/mol. The highest BCUT2D eigenvalue weighted by molar-refractivity contribution is 7.89. The summed E-state index contributed by atoms with van der Waals surface area (Å²) in [5.74, 6) is -4.07. The highest BCUT2D eigenvalue weighted by Gasteiger charge is 2.50. The summed E-state index contributed by atoms with van der Waals surface area (Å²) in [5, 5.41) is 22.0. The summed E-state index contributed by atoms with van der Waals surface area (Å²) >= 11 is 0. The fourth-order valence-electron chi connectivity index (χ4n) is 4.28. The molecule has 14 nitrogen and oxygen atoms in total. The maximum atomic E-state index is 13.3. The van der Waals surface area contributed by atoms with E-state index in [1.165, 1.54) is 61.6 Å². The van der Waals surface area contributed by atoms with Gasteiger partial charge in [0, 0.05) is 36.5 Å². The molecule has 238 valence electrons. The second kappa shape index (κ2) is 13.3. The normalized spacial score (nSPS) is 16.3. The Kier molecular flexibility index (Phi) is 10.2. The van der Waals surface area contributed by atoms with E-state index in [2.05, 4.69) is 15.4 Å². The number of fused-ring (bicyclic) bond motifs is 1. The molecule has 3 aromatic carbocycles. The number of carboxylic acid groups (broad SMARTS) is 1. The lowest BCUT2D eigenvalue weighted by Crippen LogP contribution is -2.64. The number of hydrogen-bond acceptors (Lipinski definition) is 8. The first-order valence-electron chi connectivity index (χ1n) is 13.1. The highest BCUT2D eigenvalue weighted by Crippen LogP contribution is 2.39. The standard InChI is InChI=1S/C29H30N6O8S.ClH/c1-16-4-11-20(12-5-16)44(41,42)32-15-21(26(37)38)34-27(39)29(2)28(40)35(3)22-13-10-19(14-23(22)43-29)33-25(36)18-8-6-17(7-9-18)24(30)31;/h4-14,21,32H,15H2,1-3H3,(H3,30,31)(H,33,36)(H,34,39)(H,37,38);1H/t21-,29?;/m0./s1. The van der Waals surface area contributed by atoms with E-state index in [0.29, 0.717) is 5.56 Å². The Balaban J connectivity index is 0.00000552. The minimum Gasteiger partial charge on any atom is -0.480 e. The van der Waals surface area contributed by atoms with Crippen molar-refractivity contribution in [2.24, 2.45) is 5.73 Å². The molecular weight excluding hydrogens is 628 g/mol. The first-order chi connectivity index (χ1) is 20.6. The lowest BCUT2D eigenvalue weighted by atomic mass is 9.99. The molecule has 0 spiro atoms. The fraction of sp³-hybridized carbons (Fsp3) is 0.207. The third-order valence-electron chi connectivity index (χ3n) is 6.91. The maximum Gasteiger partial charge on any atom is 0.327 e. The summed E-state index contributed by atoms with van der Waals surface area (Å²) in [4.78, 5) is 52.3. The Morgan fingerprint density at radius 1 is 1.04 bits per heavy atom. The molecule has 3 aromatic rings. The maximum absolute atomic E-state index is 13.3. The van der Waals surface area contributed by atoms with Gasteiger partial charge in [0.05, 0.1) is 10.6 Å². The first-order valence-corrected chi connectivity index (χ1v) is 14.6. The predicted molar refractivity (Wildman–Crippen MR) is 167 cm³/mol. The second-order valence-electron chi connectivity index (χ2n) is 10.2. The number of hydrogen-bond donors (Lipinski definition) is 6. The van der Waals surface area contributed by atoms with Crippen LogP contribution in [0.3, 0.4) is 0 Å². The lowest BCUT2D eigenvalue weighted by Gasteiger charge is -2.38. The van der Waals surface area contributed by atoms with Gasteiger partial charge in [-0.3, -0.25) is 19.8 Å². The number of amides is 3. The van der Waals surface area contributed by atoms with E-state index < -0.39 is 51.9 Å². The van der Waals surface area contributed by atoms with Gasteiger partial charge in [0.1, 0.15) is 17.6 Å². The van der Waals surface area contributed by atoms with Crippen LogP contribution in [0, 0.1) is 12.3 Å². The molecule has 3 amide bonds. The molecule has 1 aliphatic heterocycles. The van der Waals surface area contributed by atoms with E-state index >= 15 is 0 Å². The molecule has 0 bridgehead atoms. The SMILES string of the molecule is Cc1ccc(S(=O)(=O)NC[C@H](NC(=O)C2(C)Oc3cc(NC(=O)c4ccc(C(=N)N)cc4)ccc3N(C)C2=O)C(=O)O)cc1.Cl. The zero-order chi connectivity index (χ0) is 32.4. The van der Waals surface area contributed by atoms with Crippen LogP contribution in [-0.4, -0.2) is 68.3 Å². The number of halogens is 1. The lowest BCUT2D eigenvalue weighted by molar-refractivity contribution is -0.151. The van der Waals surface area contributed by atoms with Crippen molar-refractivity contribution in [2.75, 3.05) is 23.8 Å². The Morgan fingerprint density at radius 3 is 2.22 bits per heavy atom. The fourth-order valence-corrected chi connectivity index (χ4v) is 5.33. The van der Waals surface area contributed by atoms with E-state index in [1.807, 2.05) is 0 Å². The summed E-state index contributed by atoms with van der Waals surface area (Å²) < 4.78 is 33.3. The number of ether oxygens (including phenoxy) is 1. The summed E-state index contributed by atoms with van der Waals surface area (Å²) in [5.41, 5.74) is 5.31. The number of carbonyl (C=O) groups excluding carboxylic acids is 3. The topological polar surface area (TPSA) is 221 Å². The average Bonchev–Trinajstić information content (AvgIpc) is 2.98. The van der Waals surface area contributed by atoms with Crippen LogP contribution in [0.5, 0.6) is 5.75 Å². The van der Waals surface area contributed by atoms with Crippen molar-refractivity contribution < 1.29 is 37.4 Å². The first kappa shape index (κ1) is 34.5.